The Morgan fingerprint density at radius 1 is 1.13 bits per heavy atom. The second-order valence-corrected chi connectivity index (χ2v) is 8.87. The van der Waals surface area contributed by atoms with Crippen LogP contribution in [-0.2, 0) is 0 Å². The first-order chi connectivity index (χ1) is 15.2. The number of anilines is 1. The number of hydrogen-bond acceptors (Lipinski definition) is 6. The van der Waals surface area contributed by atoms with E-state index in [2.05, 4.69) is 56.3 Å². The third-order valence-corrected chi connectivity index (χ3v) is 7.09. The highest BCUT2D eigenvalue weighted by atomic mass is 15.3. The predicted molar refractivity (Wildman–Crippen MR) is 121 cm³/mol. The van der Waals surface area contributed by atoms with Gasteiger partial charge in [0.2, 0.25) is 0 Å². The van der Waals surface area contributed by atoms with Gasteiger partial charge in [-0.15, -0.1) is 0 Å². The minimum absolute atomic E-state index is 0.434. The highest BCUT2D eigenvalue weighted by molar-refractivity contribution is 5.74. The molecule has 0 spiro atoms. The zero-order valence-electron chi connectivity index (χ0n) is 17.9. The zero-order valence-corrected chi connectivity index (χ0v) is 17.9. The molecule has 7 heteroatoms. The normalized spacial score (nSPS) is 23.5. The topological polar surface area (TPSA) is 62.8 Å². The number of nitrogens with zero attached hydrogens (tertiary/aromatic N) is 6. The number of rotatable bonds is 2. The Morgan fingerprint density at radius 3 is 2.84 bits per heavy atom. The molecule has 0 saturated carbocycles. The number of aromatic nitrogens is 2. The van der Waals surface area contributed by atoms with Gasteiger partial charge in [0, 0.05) is 56.7 Å². The fraction of sp³-hybridized carbons (Fsp3) is 0.417. The van der Waals surface area contributed by atoms with Crippen LogP contribution in [0.25, 0.3) is 5.52 Å². The van der Waals surface area contributed by atoms with Crippen LogP contribution in [0.3, 0.4) is 0 Å². The molecule has 2 fully saturated rings. The molecule has 4 aliphatic rings. The minimum atomic E-state index is 0.434. The monoisotopic (exact) mass is 413 g/mol. The molecule has 7 nitrogen and oxygen atoms in total. The molecule has 1 aliphatic carbocycles. The third-order valence-electron chi connectivity index (χ3n) is 7.09. The van der Waals surface area contributed by atoms with Gasteiger partial charge < -0.3 is 20.0 Å². The minimum Gasteiger partial charge on any atom is -0.369 e. The third kappa shape index (κ3) is 2.94. The summed E-state index contributed by atoms with van der Waals surface area (Å²) in [5, 5.41) is 17.2. The van der Waals surface area contributed by atoms with Crippen LogP contribution in [0.2, 0.25) is 0 Å². The summed E-state index contributed by atoms with van der Waals surface area (Å²) < 4.78 is 1.76. The molecule has 3 aliphatic heterocycles. The summed E-state index contributed by atoms with van der Waals surface area (Å²) in [6, 6.07) is 8.65. The fourth-order valence-corrected chi connectivity index (χ4v) is 5.51. The van der Waals surface area contributed by atoms with Crippen molar-refractivity contribution in [1.29, 1.82) is 5.26 Å². The molecule has 2 saturated heterocycles. The van der Waals surface area contributed by atoms with Gasteiger partial charge in [-0.3, -0.25) is 0 Å². The first-order valence-electron chi connectivity index (χ1n) is 11.2. The predicted octanol–water partition coefficient (Wildman–Crippen LogP) is 2.10. The van der Waals surface area contributed by atoms with Crippen LogP contribution in [0.15, 0.2) is 59.1 Å². The van der Waals surface area contributed by atoms with Crippen molar-refractivity contribution in [3.05, 3.63) is 64.8 Å². The molecule has 5 heterocycles. The van der Waals surface area contributed by atoms with Crippen LogP contribution in [0.4, 0.5) is 5.69 Å². The summed E-state index contributed by atoms with van der Waals surface area (Å²) in [7, 11) is 0. The SMILES string of the molecule is C[C@@H]1CN(c2ccc(C#N)n3nccc23)CC2=C3CC=C(N4CCNCC4)C=C3CN21. The molecule has 6 rings (SSSR count). The number of allylic oxidation sites excluding steroid dienone is 2. The van der Waals surface area contributed by atoms with E-state index in [4.69, 9.17) is 0 Å². The molecule has 1 N–H and O–H groups in total. The fourth-order valence-electron chi connectivity index (χ4n) is 5.51. The van der Waals surface area contributed by atoms with Crippen LogP contribution in [-0.4, -0.2) is 71.3 Å². The van der Waals surface area contributed by atoms with Gasteiger partial charge in [-0.25, -0.2) is 4.52 Å². The van der Waals surface area contributed by atoms with Crippen molar-refractivity contribution >= 4 is 11.2 Å². The Kier molecular flexibility index (Phi) is 4.29. The first kappa shape index (κ1) is 18.5. The van der Waals surface area contributed by atoms with Crippen molar-refractivity contribution in [3.8, 4) is 6.07 Å². The van der Waals surface area contributed by atoms with Crippen molar-refractivity contribution in [2.75, 3.05) is 50.7 Å². The van der Waals surface area contributed by atoms with Crippen LogP contribution in [0, 0.1) is 11.3 Å². The van der Waals surface area contributed by atoms with Gasteiger partial charge in [0.15, 0.2) is 0 Å². The van der Waals surface area contributed by atoms with Gasteiger partial charge in [0.1, 0.15) is 11.8 Å². The molecule has 0 unspecified atom stereocenters. The molecule has 0 amide bonds. The number of pyridine rings is 1. The molecule has 158 valence electrons. The maximum Gasteiger partial charge on any atom is 0.142 e. The lowest BCUT2D eigenvalue weighted by atomic mass is 9.96. The van der Waals surface area contributed by atoms with Gasteiger partial charge in [0.25, 0.3) is 0 Å². The Bertz CT molecular complexity index is 1170. The van der Waals surface area contributed by atoms with E-state index in [1.807, 2.05) is 12.1 Å². The largest absolute Gasteiger partial charge is 0.369 e. The molecule has 0 radical (unpaired) electrons. The van der Waals surface area contributed by atoms with Gasteiger partial charge in [-0.2, -0.15) is 10.4 Å². The van der Waals surface area contributed by atoms with E-state index in [1.165, 1.54) is 22.5 Å². The summed E-state index contributed by atoms with van der Waals surface area (Å²) in [6.45, 7) is 9.55. The van der Waals surface area contributed by atoms with E-state index in [-0.39, 0.29) is 0 Å². The van der Waals surface area contributed by atoms with E-state index in [1.54, 1.807) is 10.7 Å². The Balaban J connectivity index is 1.32. The molecule has 1 atom stereocenters. The van der Waals surface area contributed by atoms with Crippen LogP contribution in [0.5, 0.6) is 0 Å². The molecule has 0 aromatic carbocycles. The van der Waals surface area contributed by atoms with Crippen molar-refractivity contribution in [3.63, 3.8) is 0 Å². The molecular formula is C24H27N7. The van der Waals surface area contributed by atoms with Gasteiger partial charge in [0.05, 0.1) is 23.9 Å². The van der Waals surface area contributed by atoms with Crippen molar-refractivity contribution in [1.82, 2.24) is 24.7 Å². The van der Waals surface area contributed by atoms with Crippen LogP contribution < -0.4 is 10.2 Å². The van der Waals surface area contributed by atoms with E-state index >= 15 is 0 Å². The summed E-state index contributed by atoms with van der Waals surface area (Å²) in [5.41, 5.74) is 8.59. The summed E-state index contributed by atoms with van der Waals surface area (Å²) in [4.78, 5) is 7.58. The average molecular weight is 414 g/mol. The molecule has 2 aromatic rings. The molecule has 31 heavy (non-hydrogen) atoms. The lowest BCUT2D eigenvalue weighted by molar-refractivity contribution is 0.273. The second kappa shape index (κ2) is 7.17. The maximum absolute atomic E-state index is 9.41. The highest BCUT2D eigenvalue weighted by Gasteiger charge is 2.36. The lowest BCUT2D eigenvalue weighted by Crippen LogP contribution is -2.49. The number of nitriles is 1. The quantitative estimate of drug-likeness (QED) is 0.814. The van der Waals surface area contributed by atoms with E-state index in [0.29, 0.717) is 11.7 Å². The van der Waals surface area contributed by atoms with Crippen molar-refractivity contribution in [2.45, 2.75) is 19.4 Å². The number of hydrogen-bond donors (Lipinski definition) is 1. The lowest BCUT2D eigenvalue weighted by Gasteiger charge is -2.42. The highest BCUT2D eigenvalue weighted by Crippen LogP contribution is 2.40. The zero-order chi connectivity index (χ0) is 20.9. The Morgan fingerprint density at radius 2 is 2.00 bits per heavy atom. The number of nitrogens with one attached hydrogen (secondary N) is 1. The van der Waals surface area contributed by atoms with Gasteiger partial charge in [-0.05, 0) is 48.8 Å². The number of fused-ring (bicyclic) bond motifs is 3. The van der Waals surface area contributed by atoms with Crippen LogP contribution in [0.1, 0.15) is 19.0 Å². The summed E-state index contributed by atoms with van der Waals surface area (Å²) >= 11 is 0. The Hall–Kier alpha value is -3.24. The van der Waals surface area contributed by atoms with Crippen LogP contribution >= 0.6 is 0 Å². The van der Waals surface area contributed by atoms with Gasteiger partial charge >= 0.3 is 0 Å². The maximum atomic E-state index is 9.41. The molecule has 2 aromatic heterocycles. The van der Waals surface area contributed by atoms with Gasteiger partial charge in [-0.1, -0.05) is 6.08 Å². The van der Waals surface area contributed by atoms with E-state index < -0.39 is 0 Å². The molecular weight excluding hydrogens is 386 g/mol. The van der Waals surface area contributed by atoms with E-state index in [0.717, 1.165) is 63.4 Å². The average Bonchev–Trinajstić information content (AvgIpc) is 3.44. The smallest absolute Gasteiger partial charge is 0.142 e. The first-order valence-corrected chi connectivity index (χ1v) is 11.2. The second-order valence-electron chi connectivity index (χ2n) is 8.87. The van der Waals surface area contributed by atoms with Crippen molar-refractivity contribution < 1.29 is 0 Å². The van der Waals surface area contributed by atoms with Crippen molar-refractivity contribution in [2.24, 2.45) is 0 Å². The Labute approximate surface area is 182 Å². The summed E-state index contributed by atoms with van der Waals surface area (Å²) in [6.07, 6.45) is 7.65. The van der Waals surface area contributed by atoms with E-state index in [9.17, 15) is 5.26 Å². The standard InChI is InChI=1S/C24H27N7/c1-17-14-29(22-5-3-20(13-25)31-23(22)6-7-27-31)16-24-21-4-2-19(12-18(21)15-30(17)24)28-10-8-26-9-11-28/h2-3,5-7,12,17,26H,4,8-11,14-16H2,1H3/t17-/m1/s1. The molecule has 0 bridgehead atoms. The summed E-state index contributed by atoms with van der Waals surface area (Å²) in [5.74, 6) is 0. The number of piperazine rings is 2.